The monoisotopic (exact) mass is 368 g/mol. The summed E-state index contributed by atoms with van der Waals surface area (Å²) in [6.45, 7) is 1.19. The first kappa shape index (κ1) is 18.9. The van der Waals surface area contributed by atoms with Gasteiger partial charge in [0.15, 0.2) is 6.61 Å². The first-order valence-electron chi connectivity index (χ1n) is 9.37. The van der Waals surface area contributed by atoms with Crippen LogP contribution in [0, 0.1) is 0 Å². The van der Waals surface area contributed by atoms with E-state index in [1.807, 2.05) is 18.2 Å². The fraction of sp³-hybridized carbons (Fsp3) is 0.381. The summed E-state index contributed by atoms with van der Waals surface area (Å²) in [6.07, 6.45) is 7.04. The number of carbonyl (C=O) groups is 2. The predicted octanol–water partition coefficient (Wildman–Crippen LogP) is 3.82. The summed E-state index contributed by atoms with van der Waals surface area (Å²) < 4.78 is 10.9. The van der Waals surface area contributed by atoms with Crippen LogP contribution in [0.15, 0.2) is 48.7 Å². The molecular formula is C21H24N2O4. The van der Waals surface area contributed by atoms with Gasteiger partial charge in [0.2, 0.25) is 5.88 Å². The molecule has 1 saturated heterocycles. The Morgan fingerprint density at radius 1 is 0.926 bits per heavy atom. The molecule has 1 aromatic heterocycles. The number of hydrogen-bond donors (Lipinski definition) is 0. The smallest absolute Gasteiger partial charge is 0.344 e. The van der Waals surface area contributed by atoms with Crippen LogP contribution < -0.4 is 4.74 Å². The van der Waals surface area contributed by atoms with Gasteiger partial charge in [-0.2, -0.15) is 0 Å². The lowest BCUT2D eigenvalue weighted by molar-refractivity contribution is -0.134. The van der Waals surface area contributed by atoms with Crippen molar-refractivity contribution < 1.29 is 19.1 Å². The van der Waals surface area contributed by atoms with Crippen LogP contribution in [0.5, 0.6) is 11.6 Å². The van der Waals surface area contributed by atoms with Crippen LogP contribution in [0.1, 0.15) is 42.5 Å². The third-order valence-corrected chi connectivity index (χ3v) is 4.48. The minimum atomic E-state index is -0.616. The first-order valence-corrected chi connectivity index (χ1v) is 9.37. The zero-order valence-corrected chi connectivity index (χ0v) is 15.3. The van der Waals surface area contributed by atoms with Gasteiger partial charge >= 0.3 is 5.97 Å². The van der Waals surface area contributed by atoms with Gasteiger partial charge in [0.05, 0.1) is 0 Å². The number of pyridine rings is 1. The maximum atomic E-state index is 12.5. The molecule has 1 amide bonds. The molecule has 2 heterocycles. The van der Waals surface area contributed by atoms with Gasteiger partial charge in [-0.3, -0.25) is 4.79 Å². The standard InChI is InChI=1S/C21H24N2O4/c24-19(23-14-7-2-1-3-8-15-23)16-26-21(25)18-12-9-13-22-20(18)27-17-10-5-4-6-11-17/h4-6,9-13H,1-3,7-8,14-16H2. The van der Waals surface area contributed by atoms with Crippen molar-refractivity contribution in [1.29, 1.82) is 0 Å². The number of esters is 1. The van der Waals surface area contributed by atoms with Gasteiger partial charge in [0.1, 0.15) is 11.3 Å². The highest BCUT2D eigenvalue weighted by Gasteiger charge is 2.20. The number of benzene rings is 1. The maximum absolute atomic E-state index is 12.5. The van der Waals surface area contributed by atoms with Crippen molar-refractivity contribution in [2.24, 2.45) is 0 Å². The van der Waals surface area contributed by atoms with E-state index in [4.69, 9.17) is 9.47 Å². The van der Waals surface area contributed by atoms with E-state index in [0.29, 0.717) is 5.75 Å². The molecule has 27 heavy (non-hydrogen) atoms. The van der Waals surface area contributed by atoms with Gasteiger partial charge in [-0.25, -0.2) is 9.78 Å². The highest BCUT2D eigenvalue weighted by molar-refractivity contribution is 5.93. The van der Waals surface area contributed by atoms with Gasteiger partial charge in [-0.15, -0.1) is 0 Å². The molecule has 6 nitrogen and oxygen atoms in total. The lowest BCUT2D eigenvalue weighted by atomic mass is 10.1. The Balaban J connectivity index is 1.60. The van der Waals surface area contributed by atoms with Gasteiger partial charge in [-0.1, -0.05) is 37.5 Å². The van der Waals surface area contributed by atoms with E-state index in [1.54, 1.807) is 35.4 Å². The Morgan fingerprint density at radius 3 is 2.37 bits per heavy atom. The fourth-order valence-electron chi connectivity index (χ4n) is 3.02. The summed E-state index contributed by atoms with van der Waals surface area (Å²) in [6, 6.07) is 12.3. The van der Waals surface area contributed by atoms with Crippen LogP contribution in [-0.4, -0.2) is 41.5 Å². The second-order valence-corrected chi connectivity index (χ2v) is 6.50. The molecule has 0 saturated carbocycles. The van der Waals surface area contributed by atoms with E-state index >= 15 is 0 Å². The maximum Gasteiger partial charge on any atom is 0.344 e. The minimum Gasteiger partial charge on any atom is -0.452 e. The Labute approximate surface area is 159 Å². The third-order valence-electron chi connectivity index (χ3n) is 4.48. The van der Waals surface area contributed by atoms with Crippen molar-refractivity contribution in [1.82, 2.24) is 9.88 Å². The second kappa shape index (κ2) is 9.71. The molecule has 0 bridgehead atoms. The number of nitrogens with zero attached hydrogens (tertiary/aromatic N) is 2. The molecule has 3 rings (SSSR count). The largest absolute Gasteiger partial charge is 0.452 e. The average molecular weight is 368 g/mol. The van der Waals surface area contributed by atoms with Crippen molar-refractivity contribution >= 4 is 11.9 Å². The van der Waals surface area contributed by atoms with E-state index in [0.717, 1.165) is 38.8 Å². The van der Waals surface area contributed by atoms with Crippen LogP contribution in [0.25, 0.3) is 0 Å². The van der Waals surface area contributed by atoms with E-state index in [1.165, 1.54) is 6.42 Å². The quantitative estimate of drug-likeness (QED) is 0.751. The third kappa shape index (κ3) is 5.54. The van der Waals surface area contributed by atoms with Gasteiger partial charge in [0, 0.05) is 19.3 Å². The Kier molecular flexibility index (Phi) is 6.79. The van der Waals surface area contributed by atoms with Crippen LogP contribution in [0.2, 0.25) is 0 Å². The topological polar surface area (TPSA) is 68.7 Å². The molecular weight excluding hydrogens is 344 g/mol. The highest BCUT2D eigenvalue weighted by Crippen LogP contribution is 2.23. The zero-order valence-electron chi connectivity index (χ0n) is 15.3. The highest BCUT2D eigenvalue weighted by atomic mass is 16.5. The summed E-state index contributed by atoms with van der Waals surface area (Å²) in [4.78, 5) is 30.7. The molecule has 1 fully saturated rings. The van der Waals surface area contributed by atoms with Crippen LogP contribution >= 0.6 is 0 Å². The van der Waals surface area contributed by atoms with Crippen LogP contribution in [0.3, 0.4) is 0 Å². The van der Waals surface area contributed by atoms with E-state index in [9.17, 15) is 9.59 Å². The van der Waals surface area contributed by atoms with Crippen molar-refractivity contribution in [3.8, 4) is 11.6 Å². The molecule has 2 aromatic rings. The molecule has 1 aliphatic heterocycles. The molecule has 142 valence electrons. The molecule has 0 unspecified atom stereocenters. The van der Waals surface area contributed by atoms with Gasteiger partial charge in [-0.05, 0) is 37.1 Å². The predicted molar refractivity (Wildman–Crippen MR) is 101 cm³/mol. The molecule has 6 heteroatoms. The SMILES string of the molecule is O=C(OCC(=O)N1CCCCCCC1)c1cccnc1Oc1ccccc1. The van der Waals surface area contributed by atoms with Crippen LogP contribution in [0.4, 0.5) is 0 Å². The fourth-order valence-corrected chi connectivity index (χ4v) is 3.02. The number of likely N-dealkylation sites (tertiary alicyclic amines) is 1. The molecule has 0 atom stereocenters. The van der Waals surface area contributed by atoms with Crippen LogP contribution in [-0.2, 0) is 9.53 Å². The molecule has 1 aliphatic rings. The van der Waals surface area contributed by atoms with Crippen molar-refractivity contribution in [2.45, 2.75) is 32.1 Å². The lowest BCUT2D eigenvalue weighted by Gasteiger charge is -2.24. The van der Waals surface area contributed by atoms with Crippen molar-refractivity contribution in [3.05, 3.63) is 54.2 Å². The summed E-state index contributed by atoms with van der Waals surface area (Å²) in [5, 5.41) is 0. The Morgan fingerprint density at radius 2 is 1.63 bits per heavy atom. The zero-order chi connectivity index (χ0) is 18.9. The lowest BCUT2D eigenvalue weighted by Crippen LogP contribution is -2.37. The van der Waals surface area contributed by atoms with E-state index in [-0.39, 0.29) is 24.0 Å². The average Bonchev–Trinajstić information content (AvgIpc) is 2.67. The minimum absolute atomic E-state index is 0.153. The summed E-state index contributed by atoms with van der Waals surface area (Å²) in [7, 11) is 0. The summed E-state index contributed by atoms with van der Waals surface area (Å²) in [5.74, 6) is -0.0385. The van der Waals surface area contributed by atoms with E-state index in [2.05, 4.69) is 4.98 Å². The second-order valence-electron chi connectivity index (χ2n) is 6.50. The Hall–Kier alpha value is -2.89. The van der Waals surface area contributed by atoms with Gasteiger partial charge in [0.25, 0.3) is 5.91 Å². The Bertz CT molecular complexity index is 756. The normalized spacial score (nSPS) is 14.7. The molecule has 0 spiro atoms. The van der Waals surface area contributed by atoms with E-state index < -0.39 is 5.97 Å². The summed E-state index contributed by atoms with van der Waals surface area (Å²) in [5.41, 5.74) is 0.196. The van der Waals surface area contributed by atoms with Crippen molar-refractivity contribution in [3.63, 3.8) is 0 Å². The number of hydrogen-bond acceptors (Lipinski definition) is 5. The molecule has 1 aromatic carbocycles. The number of para-hydroxylation sites is 1. The van der Waals surface area contributed by atoms with Gasteiger partial charge < -0.3 is 14.4 Å². The number of ether oxygens (including phenoxy) is 2. The molecule has 0 aliphatic carbocycles. The summed E-state index contributed by atoms with van der Waals surface area (Å²) >= 11 is 0. The number of carbonyl (C=O) groups excluding carboxylic acids is 2. The van der Waals surface area contributed by atoms with Crippen molar-refractivity contribution in [2.75, 3.05) is 19.7 Å². The number of rotatable bonds is 5. The first-order chi connectivity index (χ1) is 13.2. The molecule has 0 radical (unpaired) electrons. The molecule has 0 N–H and O–H groups in total. The number of aromatic nitrogens is 1. The number of amides is 1.